The van der Waals surface area contributed by atoms with Crippen LogP contribution in [0.5, 0.6) is 0 Å². The Morgan fingerprint density at radius 3 is 2.72 bits per heavy atom. The molecule has 25 heavy (non-hydrogen) atoms. The lowest BCUT2D eigenvalue weighted by atomic mass is 10.3. The Labute approximate surface area is 147 Å². The third-order valence-corrected chi connectivity index (χ3v) is 4.08. The van der Waals surface area contributed by atoms with Crippen LogP contribution in [0.1, 0.15) is 17.5 Å². The fourth-order valence-corrected chi connectivity index (χ4v) is 2.79. The summed E-state index contributed by atoms with van der Waals surface area (Å²) in [7, 11) is 0. The number of hydrogen-bond donors (Lipinski definition) is 1. The number of guanidine groups is 1. The Balaban J connectivity index is 1.53. The van der Waals surface area contributed by atoms with E-state index in [1.165, 1.54) is 6.26 Å². The highest BCUT2D eigenvalue weighted by atomic mass is 16.3. The van der Waals surface area contributed by atoms with E-state index in [1.54, 1.807) is 18.3 Å². The van der Waals surface area contributed by atoms with Crippen molar-refractivity contribution in [1.82, 2.24) is 24.9 Å². The molecule has 0 aliphatic carbocycles. The summed E-state index contributed by atoms with van der Waals surface area (Å²) in [5.74, 6) is 1.23. The van der Waals surface area contributed by atoms with Gasteiger partial charge in [0.05, 0.1) is 19.4 Å². The van der Waals surface area contributed by atoms with Gasteiger partial charge in [-0.15, -0.1) is 0 Å². The van der Waals surface area contributed by atoms with Crippen LogP contribution in [-0.2, 0) is 6.54 Å². The first-order chi connectivity index (χ1) is 12.3. The second-order valence-corrected chi connectivity index (χ2v) is 5.76. The highest BCUT2D eigenvalue weighted by Gasteiger charge is 2.25. The number of rotatable bonds is 5. The van der Waals surface area contributed by atoms with Crippen molar-refractivity contribution in [2.24, 2.45) is 4.99 Å². The van der Waals surface area contributed by atoms with Gasteiger partial charge in [-0.3, -0.25) is 14.5 Å². The molecule has 2 aromatic rings. The van der Waals surface area contributed by atoms with Crippen molar-refractivity contribution >= 4 is 11.9 Å². The molecule has 0 bridgehead atoms. The average Bonchev–Trinajstić information content (AvgIpc) is 3.34. The molecule has 0 unspecified atom stereocenters. The van der Waals surface area contributed by atoms with Crippen LogP contribution in [0, 0.1) is 0 Å². The molecule has 8 heteroatoms. The molecule has 3 heterocycles. The number of carbonyl (C=O) groups is 1. The molecule has 0 radical (unpaired) electrons. The topological polar surface area (TPSA) is 78.9 Å². The number of carbonyl (C=O) groups excluding carboxylic acids is 1. The van der Waals surface area contributed by atoms with Crippen LogP contribution in [0.4, 0.5) is 0 Å². The van der Waals surface area contributed by atoms with Crippen molar-refractivity contribution < 1.29 is 9.21 Å². The highest BCUT2D eigenvalue weighted by molar-refractivity contribution is 5.91. The molecule has 8 nitrogen and oxygen atoms in total. The van der Waals surface area contributed by atoms with Crippen LogP contribution in [0.2, 0.25) is 0 Å². The van der Waals surface area contributed by atoms with E-state index in [-0.39, 0.29) is 5.91 Å². The number of nitrogens with zero attached hydrogens (tertiary/aromatic N) is 5. The van der Waals surface area contributed by atoms with E-state index in [9.17, 15) is 4.79 Å². The van der Waals surface area contributed by atoms with Crippen molar-refractivity contribution in [1.29, 1.82) is 0 Å². The Morgan fingerprint density at radius 2 is 2.08 bits per heavy atom. The van der Waals surface area contributed by atoms with Gasteiger partial charge in [-0.1, -0.05) is 0 Å². The van der Waals surface area contributed by atoms with Gasteiger partial charge < -0.3 is 19.5 Å². The first-order valence-corrected chi connectivity index (χ1v) is 8.61. The molecule has 1 aliphatic heterocycles. The molecule has 1 saturated heterocycles. The van der Waals surface area contributed by atoms with Crippen molar-refractivity contribution in [2.75, 3.05) is 39.3 Å². The van der Waals surface area contributed by atoms with Gasteiger partial charge in [-0.25, -0.2) is 0 Å². The van der Waals surface area contributed by atoms with Crippen LogP contribution in [0.25, 0.3) is 0 Å². The van der Waals surface area contributed by atoms with Gasteiger partial charge in [-0.05, 0) is 25.1 Å². The third-order valence-electron chi connectivity index (χ3n) is 4.08. The van der Waals surface area contributed by atoms with E-state index in [0.29, 0.717) is 25.4 Å². The van der Waals surface area contributed by atoms with Crippen LogP contribution < -0.4 is 5.32 Å². The van der Waals surface area contributed by atoms with Gasteiger partial charge in [0.25, 0.3) is 5.91 Å². The Hall–Kier alpha value is -2.77. The number of piperazine rings is 1. The molecule has 1 N–H and O–H groups in total. The largest absolute Gasteiger partial charge is 0.459 e. The third kappa shape index (κ3) is 4.40. The molecule has 1 amide bonds. The molecular weight excluding hydrogens is 320 g/mol. The summed E-state index contributed by atoms with van der Waals surface area (Å²) in [6.07, 6.45) is 5.23. The monoisotopic (exact) mass is 344 g/mol. The van der Waals surface area contributed by atoms with Gasteiger partial charge in [-0.2, -0.15) is 5.10 Å². The summed E-state index contributed by atoms with van der Waals surface area (Å²) in [6.45, 7) is 7.09. The normalized spacial score (nSPS) is 15.5. The molecule has 0 atom stereocenters. The first-order valence-electron chi connectivity index (χ1n) is 8.61. The fraction of sp³-hybridized carbons (Fsp3) is 0.471. The summed E-state index contributed by atoms with van der Waals surface area (Å²) in [5, 5.41) is 7.51. The van der Waals surface area contributed by atoms with E-state index in [4.69, 9.17) is 4.42 Å². The summed E-state index contributed by atoms with van der Waals surface area (Å²) in [6, 6.07) is 5.35. The number of nitrogens with one attached hydrogen (secondary N) is 1. The molecular formula is C17H24N6O2. The number of aromatic nitrogens is 2. The molecule has 0 saturated carbocycles. The van der Waals surface area contributed by atoms with Crippen molar-refractivity contribution in [3.63, 3.8) is 0 Å². The summed E-state index contributed by atoms with van der Waals surface area (Å²) in [5.41, 5.74) is 0. The van der Waals surface area contributed by atoms with Crippen molar-refractivity contribution in [3.8, 4) is 0 Å². The zero-order chi connectivity index (χ0) is 17.5. The minimum Gasteiger partial charge on any atom is -0.459 e. The molecule has 0 aromatic carbocycles. The van der Waals surface area contributed by atoms with Crippen LogP contribution in [-0.4, -0.2) is 70.7 Å². The fourth-order valence-electron chi connectivity index (χ4n) is 2.79. The lowest BCUT2D eigenvalue weighted by Crippen LogP contribution is -2.53. The van der Waals surface area contributed by atoms with Crippen molar-refractivity contribution in [3.05, 3.63) is 42.6 Å². The highest BCUT2D eigenvalue weighted by Crippen LogP contribution is 2.09. The zero-order valence-electron chi connectivity index (χ0n) is 14.5. The van der Waals surface area contributed by atoms with Gasteiger partial charge in [0.2, 0.25) is 0 Å². The summed E-state index contributed by atoms with van der Waals surface area (Å²) < 4.78 is 7.07. The predicted octanol–water partition coefficient (Wildman–Crippen LogP) is 0.900. The maximum atomic E-state index is 12.3. The minimum atomic E-state index is -0.0507. The SMILES string of the molecule is CCNC(=NCCn1cccn1)N1CCN(C(=O)c2ccco2)CC1. The lowest BCUT2D eigenvalue weighted by molar-refractivity contribution is 0.0657. The standard InChI is InChI=1S/C17H24N6O2/c1-2-18-17(19-7-9-23-8-4-6-20-23)22-12-10-21(11-13-22)16(24)15-5-3-14-25-15/h3-6,8,14H,2,7,9-13H2,1H3,(H,18,19). The predicted molar refractivity (Wildman–Crippen MR) is 94.4 cm³/mol. The van der Waals surface area contributed by atoms with E-state index < -0.39 is 0 Å². The lowest BCUT2D eigenvalue weighted by Gasteiger charge is -2.36. The number of amides is 1. The Bertz CT molecular complexity index is 672. The number of aliphatic imine (C=N–C) groups is 1. The van der Waals surface area contributed by atoms with Gasteiger partial charge in [0.15, 0.2) is 11.7 Å². The van der Waals surface area contributed by atoms with Crippen LogP contribution in [0.3, 0.4) is 0 Å². The quantitative estimate of drug-likeness (QED) is 0.644. The Morgan fingerprint density at radius 1 is 1.28 bits per heavy atom. The summed E-state index contributed by atoms with van der Waals surface area (Å²) in [4.78, 5) is 21.0. The molecule has 1 fully saturated rings. The second kappa shape index (κ2) is 8.36. The number of hydrogen-bond acceptors (Lipinski definition) is 4. The van der Waals surface area contributed by atoms with Crippen LogP contribution in [0.15, 0.2) is 46.3 Å². The number of furan rings is 1. The van der Waals surface area contributed by atoms with Gasteiger partial charge in [0.1, 0.15) is 0 Å². The zero-order valence-corrected chi connectivity index (χ0v) is 14.5. The van der Waals surface area contributed by atoms with E-state index in [1.807, 2.05) is 21.8 Å². The van der Waals surface area contributed by atoms with Gasteiger partial charge >= 0.3 is 0 Å². The summed E-state index contributed by atoms with van der Waals surface area (Å²) >= 11 is 0. The minimum absolute atomic E-state index is 0.0507. The van der Waals surface area contributed by atoms with E-state index in [0.717, 1.165) is 32.1 Å². The smallest absolute Gasteiger partial charge is 0.289 e. The maximum Gasteiger partial charge on any atom is 0.289 e. The molecule has 3 rings (SSSR count). The molecule has 0 spiro atoms. The molecule has 2 aromatic heterocycles. The van der Waals surface area contributed by atoms with Crippen molar-refractivity contribution in [2.45, 2.75) is 13.5 Å². The second-order valence-electron chi connectivity index (χ2n) is 5.76. The van der Waals surface area contributed by atoms with Gasteiger partial charge in [0, 0.05) is 45.1 Å². The molecule has 134 valence electrons. The maximum absolute atomic E-state index is 12.3. The molecule has 1 aliphatic rings. The first kappa shape index (κ1) is 17.1. The van der Waals surface area contributed by atoms with E-state index in [2.05, 4.69) is 27.2 Å². The Kier molecular flexibility index (Phi) is 5.71. The van der Waals surface area contributed by atoms with E-state index >= 15 is 0 Å². The average molecular weight is 344 g/mol. The van der Waals surface area contributed by atoms with Crippen LogP contribution >= 0.6 is 0 Å².